The van der Waals surface area contributed by atoms with Crippen LogP contribution >= 0.6 is 0 Å². The fraction of sp³-hybridized carbons (Fsp3) is 0.538. The van der Waals surface area contributed by atoms with Crippen LogP contribution in [0.2, 0.25) is 0 Å². The minimum Gasteiger partial charge on any atom is -0.310 e. The first-order chi connectivity index (χ1) is 6.65. The van der Waals surface area contributed by atoms with E-state index in [-0.39, 0.29) is 0 Å². The minimum absolute atomic E-state index is 0.468. The summed E-state index contributed by atoms with van der Waals surface area (Å²) in [6.45, 7) is 9.84. The van der Waals surface area contributed by atoms with Gasteiger partial charge < -0.3 is 5.32 Å². The van der Waals surface area contributed by atoms with Gasteiger partial charge in [0.2, 0.25) is 0 Å². The van der Waals surface area contributed by atoms with Crippen LogP contribution in [0, 0.1) is 13.8 Å². The number of benzene rings is 1. The summed E-state index contributed by atoms with van der Waals surface area (Å²) in [6, 6.07) is 7.14. The van der Waals surface area contributed by atoms with Crippen molar-refractivity contribution in [3.05, 3.63) is 34.9 Å². The number of hydrogen-bond donors (Lipinski definition) is 1. The highest BCUT2D eigenvalue weighted by atomic mass is 14.9. The molecule has 0 unspecified atom stereocenters. The van der Waals surface area contributed by atoms with Gasteiger partial charge in [-0.25, -0.2) is 0 Å². The number of rotatable bonds is 4. The zero-order chi connectivity index (χ0) is 10.6. The lowest BCUT2D eigenvalue weighted by molar-refractivity contribution is 0.568. The SMILES string of the molecule is CCCN[C@H](C)c1ccc(C)cc1C. The van der Waals surface area contributed by atoms with Crippen molar-refractivity contribution in [1.29, 1.82) is 0 Å². The van der Waals surface area contributed by atoms with Gasteiger partial charge in [-0.05, 0) is 44.9 Å². The first-order valence-electron chi connectivity index (χ1n) is 5.45. The highest BCUT2D eigenvalue weighted by molar-refractivity contribution is 5.32. The lowest BCUT2D eigenvalue weighted by Gasteiger charge is -2.16. The molecule has 0 saturated heterocycles. The van der Waals surface area contributed by atoms with E-state index in [0.29, 0.717) is 6.04 Å². The van der Waals surface area contributed by atoms with E-state index < -0.39 is 0 Å². The molecule has 1 rings (SSSR count). The second-order valence-corrected chi connectivity index (χ2v) is 4.04. The van der Waals surface area contributed by atoms with Crippen molar-refractivity contribution >= 4 is 0 Å². The van der Waals surface area contributed by atoms with Crippen molar-refractivity contribution in [1.82, 2.24) is 5.32 Å². The number of aryl methyl sites for hydroxylation is 2. The van der Waals surface area contributed by atoms with Gasteiger partial charge in [-0.2, -0.15) is 0 Å². The normalized spacial score (nSPS) is 12.9. The van der Waals surface area contributed by atoms with Crippen molar-refractivity contribution in [2.45, 2.75) is 40.2 Å². The summed E-state index contributed by atoms with van der Waals surface area (Å²) in [5.74, 6) is 0. The van der Waals surface area contributed by atoms with Gasteiger partial charge in [0.05, 0.1) is 0 Å². The van der Waals surface area contributed by atoms with Gasteiger partial charge in [0.25, 0.3) is 0 Å². The van der Waals surface area contributed by atoms with E-state index in [4.69, 9.17) is 0 Å². The molecule has 0 aromatic heterocycles. The average Bonchev–Trinajstić information content (AvgIpc) is 2.14. The van der Waals surface area contributed by atoms with Crippen LogP contribution in [-0.4, -0.2) is 6.54 Å². The molecule has 0 bridgehead atoms. The van der Waals surface area contributed by atoms with Gasteiger partial charge in [0, 0.05) is 6.04 Å². The van der Waals surface area contributed by atoms with Crippen molar-refractivity contribution < 1.29 is 0 Å². The molecule has 0 aliphatic carbocycles. The predicted molar refractivity (Wildman–Crippen MR) is 62.6 cm³/mol. The quantitative estimate of drug-likeness (QED) is 0.769. The first-order valence-corrected chi connectivity index (χ1v) is 5.45. The Morgan fingerprint density at radius 2 is 2.00 bits per heavy atom. The minimum atomic E-state index is 0.468. The van der Waals surface area contributed by atoms with Crippen LogP contribution in [-0.2, 0) is 0 Å². The molecule has 0 fully saturated rings. The van der Waals surface area contributed by atoms with Crippen LogP contribution in [0.5, 0.6) is 0 Å². The summed E-state index contributed by atoms with van der Waals surface area (Å²) in [4.78, 5) is 0. The maximum atomic E-state index is 3.51. The molecular formula is C13H21N. The second kappa shape index (κ2) is 5.16. The van der Waals surface area contributed by atoms with Gasteiger partial charge >= 0.3 is 0 Å². The Bertz CT molecular complexity index is 291. The van der Waals surface area contributed by atoms with Crippen LogP contribution in [0.4, 0.5) is 0 Å². The summed E-state index contributed by atoms with van der Waals surface area (Å²) >= 11 is 0. The number of nitrogens with one attached hydrogen (secondary N) is 1. The summed E-state index contributed by atoms with van der Waals surface area (Å²) < 4.78 is 0. The molecule has 0 aliphatic rings. The molecule has 1 aromatic carbocycles. The van der Waals surface area contributed by atoms with Crippen LogP contribution < -0.4 is 5.32 Å². The zero-order valence-corrected chi connectivity index (χ0v) is 9.72. The molecule has 0 aliphatic heterocycles. The molecule has 78 valence electrons. The van der Waals surface area contributed by atoms with Crippen molar-refractivity contribution in [2.24, 2.45) is 0 Å². The fourth-order valence-corrected chi connectivity index (χ4v) is 1.78. The standard InChI is InChI=1S/C13H21N/c1-5-8-14-12(4)13-7-6-10(2)9-11(13)3/h6-7,9,12,14H,5,8H2,1-4H3/t12-/m1/s1. The van der Waals surface area contributed by atoms with Crippen LogP contribution in [0.15, 0.2) is 18.2 Å². The third kappa shape index (κ3) is 2.85. The highest BCUT2D eigenvalue weighted by Crippen LogP contribution is 2.18. The van der Waals surface area contributed by atoms with Crippen LogP contribution in [0.25, 0.3) is 0 Å². The molecule has 0 heterocycles. The van der Waals surface area contributed by atoms with Gasteiger partial charge in [0.1, 0.15) is 0 Å². The van der Waals surface area contributed by atoms with E-state index in [2.05, 4.69) is 51.2 Å². The zero-order valence-electron chi connectivity index (χ0n) is 9.72. The fourth-order valence-electron chi connectivity index (χ4n) is 1.78. The largest absolute Gasteiger partial charge is 0.310 e. The van der Waals surface area contributed by atoms with E-state index in [0.717, 1.165) is 6.54 Å². The Morgan fingerprint density at radius 1 is 1.29 bits per heavy atom. The van der Waals surface area contributed by atoms with E-state index in [1.807, 2.05) is 0 Å². The molecule has 1 N–H and O–H groups in total. The Hall–Kier alpha value is -0.820. The van der Waals surface area contributed by atoms with Crippen molar-refractivity contribution in [2.75, 3.05) is 6.54 Å². The highest BCUT2D eigenvalue weighted by Gasteiger charge is 2.06. The smallest absolute Gasteiger partial charge is 0.0294 e. The summed E-state index contributed by atoms with van der Waals surface area (Å²) in [5, 5.41) is 3.51. The van der Waals surface area contributed by atoms with E-state index in [1.54, 1.807) is 0 Å². The summed E-state index contributed by atoms with van der Waals surface area (Å²) in [7, 11) is 0. The van der Waals surface area contributed by atoms with Gasteiger partial charge in [0.15, 0.2) is 0 Å². The molecular weight excluding hydrogens is 170 g/mol. The molecule has 0 saturated carbocycles. The topological polar surface area (TPSA) is 12.0 Å². The van der Waals surface area contributed by atoms with Crippen molar-refractivity contribution in [3.8, 4) is 0 Å². The van der Waals surface area contributed by atoms with Gasteiger partial charge in [-0.15, -0.1) is 0 Å². The van der Waals surface area contributed by atoms with E-state index >= 15 is 0 Å². The molecule has 1 aromatic rings. The first kappa shape index (κ1) is 11.3. The molecule has 1 nitrogen and oxygen atoms in total. The van der Waals surface area contributed by atoms with Gasteiger partial charge in [-0.1, -0.05) is 30.7 Å². The maximum absolute atomic E-state index is 3.51. The lowest BCUT2D eigenvalue weighted by atomic mass is 10.0. The summed E-state index contributed by atoms with van der Waals surface area (Å²) in [5.41, 5.74) is 4.15. The van der Waals surface area contributed by atoms with Crippen LogP contribution in [0.3, 0.4) is 0 Å². The van der Waals surface area contributed by atoms with Crippen LogP contribution in [0.1, 0.15) is 43.0 Å². The molecule has 14 heavy (non-hydrogen) atoms. The maximum Gasteiger partial charge on any atom is 0.0294 e. The third-order valence-corrected chi connectivity index (χ3v) is 2.59. The van der Waals surface area contributed by atoms with Crippen molar-refractivity contribution in [3.63, 3.8) is 0 Å². The van der Waals surface area contributed by atoms with E-state index in [9.17, 15) is 0 Å². The molecule has 1 atom stereocenters. The third-order valence-electron chi connectivity index (χ3n) is 2.59. The Balaban J connectivity index is 2.74. The van der Waals surface area contributed by atoms with E-state index in [1.165, 1.54) is 23.1 Å². The molecule has 0 radical (unpaired) electrons. The molecule has 0 amide bonds. The predicted octanol–water partition coefficient (Wildman–Crippen LogP) is 3.36. The summed E-state index contributed by atoms with van der Waals surface area (Å²) in [6.07, 6.45) is 1.19. The average molecular weight is 191 g/mol. The monoisotopic (exact) mass is 191 g/mol. The van der Waals surface area contributed by atoms with Gasteiger partial charge in [-0.3, -0.25) is 0 Å². The Labute approximate surface area is 87.5 Å². The second-order valence-electron chi connectivity index (χ2n) is 4.04. The number of hydrogen-bond acceptors (Lipinski definition) is 1. The molecule has 1 heteroatoms. The Kier molecular flexibility index (Phi) is 4.15. The Morgan fingerprint density at radius 3 is 2.57 bits per heavy atom. The lowest BCUT2D eigenvalue weighted by Crippen LogP contribution is -2.20. The molecule has 0 spiro atoms.